The molecule has 0 spiro atoms. The molecule has 216 valence electrons. The van der Waals surface area contributed by atoms with Gasteiger partial charge in [-0.2, -0.15) is 13.2 Å². The maximum absolute atomic E-state index is 14.0. The number of nitrogens with one attached hydrogen (secondary N) is 1. The fraction of sp³-hybridized carbons (Fsp3) is 0.344. The summed E-state index contributed by atoms with van der Waals surface area (Å²) in [6.45, 7) is -0.343. The van der Waals surface area contributed by atoms with Gasteiger partial charge in [-0.1, -0.05) is 6.07 Å². The Morgan fingerprint density at radius 1 is 1.07 bits per heavy atom. The number of hydrogen-bond acceptors (Lipinski definition) is 5. The minimum Gasteiger partial charge on any atom is -0.490 e. The minimum absolute atomic E-state index is 0.0210. The Labute approximate surface area is 239 Å². The molecule has 1 N–H and O–H groups in total. The third-order valence-corrected chi connectivity index (χ3v) is 8.11. The molecule has 2 fully saturated rings. The number of hydrogen-bond donors (Lipinski definition) is 1. The molecular weight excluding hydrogens is 550 g/mol. The van der Waals surface area contributed by atoms with Crippen molar-refractivity contribution in [2.45, 2.75) is 49.8 Å². The van der Waals surface area contributed by atoms with Gasteiger partial charge in [0.15, 0.2) is 0 Å². The van der Waals surface area contributed by atoms with Gasteiger partial charge in [-0.25, -0.2) is 9.37 Å². The van der Waals surface area contributed by atoms with Gasteiger partial charge in [0, 0.05) is 46.4 Å². The van der Waals surface area contributed by atoms with Crippen LogP contribution in [0.4, 0.5) is 17.6 Å². The summed E-state index contributed by atoms with van der Waals surface area (Å²) in [6.07, 6.45) is 0.984. The lowest BCUT2D eigenvalue weighted by atomic mass is 9.92. The summed E-state index contributed by atoms with van der Waals surface area (Å²) >= 11 is 0. The molecule has 0 unspecified atom stereocenters. The average molecular weight is 578 g/mol. The Kier molecular flexibility index (Phi) is 6.51. The van der Waals surface area contributed by atoms with Gasteiger partial charge in [-0.15, -0.1) is 0 Å². The van der Waals surface area contributed by atoms with Crippen LogP contribution in [0.25, 0.3) is 22.2 Å². The average Bonchev–Trinajstić information content (AvgIpc) is 3.91. The van der Waals surface area contributed by atoms with Crippen LogP contribution in [0.15, 0.2) is 60.8 Å². The standard InChI is InChI=1S/C32H27F4N3O3/c33-21-7-5-18(6-8-21)29-30-23(25(16-41-30)32(34,35)36)14-26(39-29)24(17-3-4-17)15-38-31(40)20-12-19-2-1-11-37-28(19)27(13-20)42-22-9-10-22/h1-2,5-8,11-14,17,22,24-25H,3-4,9-10,15-16H2,(H,38,40)/t24-,25+/m0/s1. The molecule has 2 aromatic carbocycles. The Morgan fingerprint density at radius 3 is 2.57 bits per heavy atom. The van der Waals surface area contributed by atoms with E-state index in [-0.39, 0.29) is 47.4 Å². The highest BCUT2D eigenvalue weighted by atomic mass is 19.4. The molecule has 42 heavy (non-hydrogen) atoms. The maximum Gasteiger partial charge on any atom is 0.399 e. The number of benzene rings is 2. The summed E-state index contributed by atoms with van der Waals surface area (Å²) in [5.74, 6) is -2.09. The van der Waals surface area contributed by atoms with E-state index in [0.717, 1.165) is 31.1 Å². The van der Waals surface area contributed by atoms with Crippen molar-refractivity contribution in [1.82, 2.24) is 15.3 Å². The van der Waals surface area contributed by atoms with E-state index in [1.54, 1.807) is 24.4 Å². The van der Waals surface area contributed by atoms with Crippen molar-refractivity contribution in [3.05, 3.63) is 83.4 Å². The highest BCUT2D eigenvalue weighted by Gasteiger charge is 2.47. The zero-order chi connectivity index (χ0) is 29.0. The summed E-state index contributed by atoms with van der Waals surface area (Å²) in [5, 5.41) is 3.78. The number of carbonyl (C=O) groups excluding carboxylic acids is 1. The minimum atomic E-state index is -4.50. The van der Waals surface area contributed by atoms with E-state index in [2.05, 4.69) is 10.3 Å². The molecular formula is C32H27F4N3O3. The second-order valence-corrected chi connectivity index (χ2v) is 11.2. The van der Waals surface area contributed by atoms with Crippen molar-refractivity contribution >= 4 is 16.8 Å². The van der Waals surface area contributed by atoms with Crippen molar-refractivity contribution < 1.29 is 31.8 Å². The number of fused-ring (bicyclic) bond motifs is 2. The molecule has 4 aromatic rings. The Morgan fingerprint density at radius 2 is 1.86 bits per heavy atom. The molecule has 7 rings (SSSR count). The smallest absolute Gasteiger partial charge is 0.399 e. The quantitative estimate of drug-likeness (QED) is 0.230. The van der Waals surface area contributed by atoms with Crippen LogP contribution in [0.1, 0.15) is 59.1 Å². The number of nitrogens with zero attached hydrogens (tertiary/aromatic N) is 2. The van der Waals surface area contributed by atoms with Crippen molar-refractivity contribution in [1.29, 1.82) is 0 Å². The number of carbonyl (C=O) groups is 1. The lowest BCUT2D eigenvalue weighted by Gasteiger charge is -2.21. The first-order chi connectivity index (χ1) is 20.2. The van der Waals surface area contributed by atoms with Crippen LogP contribution in [-0.2, 0) is 0 Å². The molecule has 1 aliphatic heterocycles. The van der Waals surface area contributed by atoms with E-state index in [1.165, 1.54) is 30.3 Å². The molecule has 1 amide bonds. The van der Waals surface area contributed by atoms with Crippen molar-refractivity contribution in [3.8, 4) is 22.8 Å². The van der Waals surface area contributed by atoms with Crippen LogP contribution in [0.3, 0.4) is 0 Å². The lowest BCUT2D eigenvalue weighted by molar-refractivity contribution is -0.151. The van der Waals surface area contributed by atoms with Crippen LogP contribution in [-0.4, -0.2) is 41.3 Å². The van der Waals surface area contributed by atoms with Crippen molar-refractivity contribution in [3.63, 3.8) is 0 Å². The normalized spacial score (nSPS) is 18.8. The van der Waals surface area contributed by atoms with E-state index < -0.39 is 24.5 Å². The summed E-state index contributed by atoms with van der Waals surface area (Å²) < 4.78 is 67.2. The van der Waals surface area contributed by atoms with E-state index in [4.69, 9.17) is 14.5 Å². The number of amides is 1. The first kappa shape index (κ1) is 26.7. The Bertz CT molecular complexity index is 1670. The Balaban J connectivity index is 1.21. The first-order valence-corrected chi connectivity index (χ1v) is 14.1. The van der Waals surface area contributed by atoms with Crippen LogP contribution in [0.2, 0.25) is 0 Å². The summed E-state index contributed by atoms with van der Waals surface area (Å²) in [7, 11) is 0. The van der Waals surface area contributed by atoms with E-state index in [9.17, 15) is 22.4 Å². The molecule has 0 bridgehead atoms. The number of alkyl halides is 3. The van der Waals surface area contributed by atoms with Gasteiger partial charge in [-0.05, 0) is 80.1 Å². The van der Waals surface area contributed by atoms with Crippen LogP contribution in [0, 0.1) is 11.7 Å². The number of pyridine rings is 2. The van der Waals surface area contributed by atoms with Gasteiger partial charge in [0.25, 0.3) is 5.91 Å². The fourth-order valence-electron chi connectivity index (χ4n) is 5.57. The van der Waals surface area contributed by atoms with Crippen LogP contribution < -0.4 is 14.8 Å². The monoisotopic (exact) mass is 577 g/mol. The first-order valence-electron chi connectivity index (χ1n) is 14.1. The third kappa shape index (κ3) is 5.26. The molecule has 10 heteroatoms. The summed E-state index contributed by atoms with van der Waals surface area (Å²) in [4.78, 5) is 22.6. The molecule has 3 heterocycles. The van der Waals surface area contributed by atoms with E-state index in [0.29, 0.717) is 28.1 Å². The number of ether oxygens (including phenoxy) is 2. The van der Waals surface area contributed by atoms with E-state index >= 15 is 0 Å². The summed E-state index contributed by atoms with van der Waals surface area (Å²) in [6, 6.07) is 14.0. The van der Waals surface area contributed by atoms with Crippen molar-refractivity contribution in [2.75, 3.05) is 13.2 Å². The second kappa shape index (κ2) is 10.3. The van der Waals surface area contributed by atoms with Gasteiger partial charge < -0.3 is 14.8 Å². The Hall–Kier alpha value is -4.21. The van der Waals surface area contributed by atoms with Gasteiger partial charge in [0.1, 0.15) is 41.1 Å². The predicted octanol–water partition coefficient (Wildman–Crippen LogP) is 6.94. The molecule has 2 atom stereocenters. The maximum atomic E-state index is 14.0. The fourth-order valence-corrected chi connectivity index (χ4v) is 5.57. The third-order valence-electron chi connectivity index (χ3n) is 8.11. The summed E-state index contributed by atoms with van der Waals surface area (Å²) in [5.41, 5.74) is 2.29. The largest absolute Gasteiger partial charge is 0.490 e. The number of halogens is 4. The molecule has 0 saturated heterocycles. The molecule has 0 radical (unpaired) electrons. The topological polar surface area (TPSA) is 73.3 Å². The second-order valence-electron chi connectivity index (χ2n) is 11.2. The number of rotatable bonds is 8. The lowest BCUT2D eigenvalue weighted by Crippen LogP contribution is -2.30. The highest BCUT2D eigenvalue weighted by Crippen LogP contribution is 2.50. The SMILES string of the molecule is O=C(NC[C@H](c1cc2c(c(-c3ccc(F)cc3)n1)OC[C@H]2C(F)(F)F)C1CC1)c1cc(OC2CC2)c2ncccc2c1. The van der Waals surface area contributed by atoms with Gasteiger partial charge >= 0.3 is 6.18 Å². The van der Waals surface area contributed by atoms with Crippen LogP contribution >= 0.6 is 0 Å². The van der Waals surface area contributed by atoms with Gasteiger partial charge in [0.2, 0.25) is 0 Å². The zero-order valence-electron chi connectivity index (χ0n) is 22.5. The predicted molar refractivity (Wildman–Crippen MR) is 147 cm³/mol. The molecule has 2 aromatic heterocycles. The number of aromatic nitrogens is 2. The highest BCUT2D eigenvalue weighted by molar-refractivity contribution is 5.99. The molecule has 6 nitrogen and oxygen atoms in total. The van der Waals surface area contributed by atoms with Gasteiger partial charge in [-0.3, -0.25) is 9.78 Å². The van der Waals surface area contributed by atoms with E-state index in [1.807, 2.05) is 6.07 Å². The van der Waals surface area contributed by atoms with Crippen molar-refractivity contribution in [2.24, 2.45) is 5.92 Å². The van der Waals surface area contributed by atoms with Crippen LogP contribution in [0.5, 0.6) is 11.5 Å². The molecule has 2 aliphatic carbocycles. The molecule has 2 saturated carbocycles. The zero-order valence-corrected chi connectivity index (χ0v) is 22.5. The molecule has 3 aliphatic rings. The van der Waals surface area contributed by atoms with Gasteiger partial charge in [0.05, 0.1) is 6.10 Å².